The number of hydrogen-bond donors (Lipinski definition) is 0. The van der Waals surface area contributed by atoms with Gasteiger partial charge in [-0.3, -0.25) is 24.1 Å². The van der Waals surface area contributed by atoms with E-state index in [1.54, 1.807) is 54.6 Å². The third kappa shape index (κ3) is 6.81. The molecule has 0 aliphatic carbocycles. The smallest absolute Gasteiger partial charge is 0.402 e. The van der Waals surface area contributed by atoms with Crippen molar-refractivity contribution in [3.8, 4) is 5.75 Å². The molecular weight excluding hydrogens is 772 g/mol. The fourth-order valence-electron chi connectivity index (χ4n) is 7.39. The molecule has 0 spiro atoms. The zero-order chi connectivity index (χ0) is 42.5. The molecule has 8 rings (SSSR count). The molecular formula is C48H34F3N3O6. The second-order valence-corrected chi connectivity index (χ2v) is 14.6. The molecule has 1 unspecified atom stereocenters. The molecule has 298 valence electrons. The first-order valence-electron chi connectivity index (χ1n) is 18.7. The third-order valence-electron chi connectivity index (χ3n) is 10.9. The number of esters is 1. The molecule has 0 radical (unpaired) electrons. The van der Waals surface area contributed by atoms with Crippen molar-refractivity contribution in [1.29, 1.82) is 0 Å². The van der Waals surface area contributed by atoms with Crippen LogP contribution in [0.3, 0.4) is 0 Å². The number of amides is 4. The van der Waals surface area contributed by atoms with Gasteiger partial charge in [0, 0.05) is 30.2 Å². The highest BCUT2D eigenvalue weighted by molar-refractivity contribution is 6.34. The lowest BCUT2D eigenvalue weighted by molar-refractivity contribution is -0.173. The maximum atomic E-state index is 15.1. The summed E-state index contributed by atoms with van der Waals surface area (Å²) >= 11 is 0. The fourth-order valence-corrected chi connectivity index (χ4v) is 7.39. The SMILES string of the molecule is Cc1ccc(N(c2ccc(OC(=O)/C=C/c3ccccc3)cc2)c2ccc(N3C(=O)c4ccc(C(C)(c5ccc6c(c5)C(=O)N(C)C6=O)C(F)(F)F)cc4C3=O)cc2)cc1. The number of anilines is 4. The Balaban J connectivity index is 1.07. The third-order valence-corrected chi connectivity index (χ3v) is 10.9. The quantitative estimate of drug-likeness (QED) is 0.0620. The Morgan fingerprint density at radius 2 is 1.10 bits per heavy atom. The summed E-state index contributed by atoms with van der Waals surface area (Å²) in [4.78, 5) is 69.0. The lowest BCUT2D eigenvalue weighted by Gasteiger charge is -2.33. The summed E-state index contributed by atoms with van der Waals surface area (Å²) in [6.07, 6.45) is -1.91. The Morgan fingerprint density at radius 3 is 1.67 bits per heavy atom. The first kappa shape index (κ1) is 39.2. The first-order valence-corrected chi connectivity index (χ1v) is 18.7. The fraction of sp³-hybridized carbons (Fsp3) is 0.104. The lowest BCUT2D eigenvalue weighted by atomic mass is 9.74. The maximum absolute atomic E-state index is 15.1. The molecule has 0 saturated carbocycles. The van der Waals surface area contributed by atoms with E-state index in [-0.39, 0.29) is 39.1 Å². The van der Waals surface area contributed by atoms with Gasteiger partial charge >= 0.3 is 12.1 Å². The molecule has 2 aliphatic rings. The molecule has 0 saturated heterocycles. The summed E-state index contributed by atoms with van der Waals surface area (Å²) in [5.74, 6) is -3.05. The number of imide groups is 2. The average molecular weight is 806 g/mol. The molecule has 6 aromatic rings. The Bertz CT molecular complexity index is 2750. The zero-order valence-electron chi connectivity index (χ0n) is 32.4. The summed E-state index contributed by atoms with van der Waals surface area (Å²) in [5, 5.41) is 0. The maximum Gasteiger partial charge on any atom is 0.402 e. The van der Waals surface area contributed by atoms with E-state index in [0.717, 1.165) is 57.8 Å². The van der Waals surface area contributed by atoms with Crippen LogP contribution in [0.25, 0.3) is 6.08 Å². The number of carbonyl (C=O) groups excluding carboxylic acids is 5. The summed E-state index contributed by atoms with van der Waals surface area (Å²) in [5.41, 5.74) is 0.462. The zero-order valence-corrected chi connectivity index (χ0v) is 32.4. The van der Waals surface area contributed by atoms with Crippen LogP contribution in [-0.2, 0) is 10.2 Å². The van der Waals surface area contributed by atoms with E-state index in [4.69, 9.17) is 4.74 Å². The van der Waals surface area contributed by atoms with E-state index in [9.17, 15) is 24.0 Å². The number of hydrogen-bond acceptors (Lipinski definition) is 7. The number of alkyl halides is 3. The molecule has 2 aliphatic heterocycles. The van der Waals surface area contributed by atoms with Crippen molar-refractivity contribution in [3.05, 3.63) is 190 Å². The minimum absolute atomic E-state index is 0.00192. The van der Waals surface area contributed by atoms with Crippen molar-refractivity contribution in [3.63, 3.8) is 0 Å². The van der Waals surface area contributed by atoms with Crippen LogP contribution in [-0.4, -0.2) is 47.7 Å². The first-order chi connectivity index (χ1) is 28.6. The minimum Gasteiger partial charge on any atom is -0.423 e. The number of benzene rings is 6. The van der Waals surface area contributed by atoms with Crippen LogP contribution in [0, 0.1) is 6.92 Å². The van der Waals surface area contributed by atoms with Crippen LogP contribution in [0.5, 0.6) is 5.75 Å². The van der Waals surface area contributed by atoms with Gasteiger partial charge in [0.1, 0.15) is 11.2 Å². The van der Waals surface area contributed by atoms with Crippen molar-refractivity contribution in [1.82, 2.24) is 4.90 Å². The van der Waals surface area contributed by atoms with Crippen LogP contribution in [0.15, 0.2) is 146 Å². The van der Waals surface area contributed by atoms with Crippen LogP contribution < -0.4 is 14.5 Å². The second-order valence-electron chi connectivity index (χ2n) is 14.6. The molecule has 1 atom stereocenters. The highest BCUT2D eigenvalue weighted by Gasteiger charge is 2.55. The highest BCUT2D eigenvalue weighted by Crippen LogP contribution is 2.48. The van der Waals surface area contributed by atoms with Gasteiger partial charge < -0.3 is 9.64 Å². The molecule has 12 heteroatoms. The predicted molar refractivity (Wildman–Crippen MR) is 220 cm³/mol. The summed E-state index contributed by atoms with van der Waals surface area (Å²) in [6.45, 7) is 2.90. The Kier molecular flexibility index (Phi) is 9.79. The summed E-state index contributed by atoms with van der Waals surface area (Å²) in [6, 6.07) is 37.4. The Morgan fingerprint density at radius 1 is 0.617 bits per heavy atom. The standard InChI is InChI=1S/C48H34F3N3O6/c1-29-9-14-33(15-10-29)53(35-20-22-37(23-21-35)60-42(55)26-11-30-7-5-4-6-8-30)34-16-18-36(19-17-34)54-45(58)39-25-13-32(28-41(39)46(54)59)47(2,48(49,50)51)31-12-24-38-40(27-31)44(57)52(3)43(38)56/h4-28H,1-3H3/b26-11+. The molecule has 0 N–H and O–H groups in total. The number of aryl methyl sites for hydroxylation is 1. The van der Waals surface area contributed by atoms with Crippen molar-refractivity contribution in [2.45, 2.75) is 25.4 Å². The molecule has 4 amide bonds. The van der Waals surface area contributed by atoms with E-state index >= 15 is 13.2 Å². The van der Waals surface area contributed by atoms with Crippen LogP contribution >= 0.6 is 0 Å². The van der Waals surface area contributed by atoms with E-state index in [2.05, 4.69) is 0 Å². The van der Waals surface area contributed by atoms with Gasteiger partial charge in [-0.1, -0.05) is 60.2 Å². The molecule has 0 aromatic heterocycles. The highest BCUT2D eigenvalue weighted by atomic mass is 19.4. The molecule has 6 aromatic carbocycles. The van der Waals surface area contributed by atoms with Crippen molar-refractivity contribution >= 4 is 58.4 Å². The number of halogens is 3. The van der Waals surface area contributed by atoms with Crippen molar-refractivity contribution in [2.24, 2.45) is 0 Å². The van der Waals surface area contributed by atoms with Crippen molar-refractivity contribution in [2.75, 3.05) is 16.8 Å². The van der Waals surface area contributed by atoms with E-state index < -0.39 is 41.2 Å². The van der Waals surface area contributed by atoms with Gasteiger partial charge in [-0.25, -0.2) is 9.69 Å². The van der Waals surface area contributed by atoms with Gasteiger partial charge in [0.15, 0.2) is 0 Å². The van der Waals surface area contributed by atoms with Gasteiger partial charge in [0.25, 0.3) is 23.6 Å². The Hall–Kier alpha value is -7.60. The molecule has 2 heterocycles. The number of fused-ring (bicyclic) bond motifs is 2. The van der Waals surface area contributed by atoms with E-state index in [0.29, 0.717) is 17.1 Å². The summed E-state index contributed by atoms with van der Waals surface area (Å²) < 4.78 is 50.9. The monoisotopic (exact) mass is 805 g/mol. The lowest BCUT2D eigenvalue weighted by Crippen LogP contribution is -2.41. The van der Waals surface area contributed by atoms with Crippen LogP contribution in [0.1, 0.15) is 70.6 Å². The van der Waals surface area contributed by atoms with Gasteiger partial charge in [0.05, 0.1) is 27.9 Å². The average Bonchev–Trinajstić information content (AvgIpc) is 3.63. The predicted octanol–water partition coefficient (Wildman–Crippen LogP) is 9.98. The number of nitrogens with zero attached hydrogens (tertiary/aromatic N) is 3. The minimum atomic E-state index is -4.91. The number of carbonyl (C=O) groups is 5. The van der Waals surface area contributed by atoms with Gasteiger partial charge in [-0.05, 0) is 122 Å². The van der Waals surface area contributed by atoms with E-state index in [1.807, 2.05) is 66.4 Å². The summed E-state index contributed by atoms with van der Waals surface area (Å²) in [7, 11) is 1.25. The van der Waals surface area contributed by atoms with E-state index in [1.165, 1.54) is 25.3 Å². The Labute approximate surface area is 342 Å². The number of ether oxygens (including phenoxy) is 1. The van der Waals surface area contributed by atoms with Gasteiger partial charge in [-0.2, -0.15) is 13.2 Å². The molecule has 60 heavy (non-hydrogen) atoms. The number of rotatable bonds is 9. The van der Waals surface area contributed by atoms with Crippen LogP contribution in [0.2, 0.25) is 0 Å². The topological polar surface area (TPSA) is 104 Å². The van der Waals surface area contributed by atoms with Gasteiger partial charge in [-0.15, -0.1) is 0 Å². The van der Waals surface area contributed by atoms with Crippen molar-refractivity contribution < 1.29 is 41.9 Å². The molecule has 0 bridgehead atoms. The second kappa shape index (κ2) is 15.0. The van der Waals surface area contributed by atoms with Crippen LogP contribution in [0.4, 0.5) is 35.9 Å². The largest absolute Gasteiger partial charge is 0.423 e. The molecule has 0 fully saturated rings. The normalized spacial score (nSPS) is 14.7. The molecule has 9 nitrogen and oxygen atoms in total. The van der Waals surface area contributed by atoms with Gasteiger partial charge in [0.2, 0.25) is 0 Å².